The third-order valence-corrected chi connectivity index (χ3v) is 5.84. The topological polar surface area (TPSA) is 80.6 Å². The molecule has 0 aliphatic rings. The van der Waals surface area contributed by atoms with Gasteiger partial charge in [0.05, 0.1) is 5.52 Å². The smallest absolute Gasteiger partial charge is 0.328 e. The molecule has 0 bridgehead atoms. The molecule has 0 fully saturated rings. The molecule has 0 radical (unpaired) electrons. The van der Waals surface area contributed by atoms with Crippen LogP contribution < -0.4 is 10.1 Å². The van der Waals surface area contributed by atoms with Crippen LogP contribution in [0.25, 0.3) is 17.0 Å². The molecule has 3 aromatic carbocycles. The lowest BCUT2D eigenvalue weighted by Crippen LogP contribution is -2.32. The van der Waals surface area contributed by atoms with Crippen molar-refractivity contribution in [3.63, 3.8) is 0 Å². The number of nitrogens with zero attached hydrogens (tertiary/aromatic N) is 1. The highest BCUT2D eigenvalue weighted by Gasteiger charge is 2.20. The van der Waals surface area contributed by atoms with E-state index >= 15 is 0 Å². The number of carbonyl (C=O) groups excluding carboxylic acids is 1. The molecule has 4 aromatic rings. The normalized spacial score (nSPS) is 12.0. The van der Waals surface area contributed by atoms with E-state index in [9.17, 15) is 14.7 Å². The van der Waals surface area contributed by atoms with E-state index in [4.69, 9.17) is 4.74 Å². The number of carboxylic acids is 1. The van der Waals surface area contributed by atoms with Crippen LogP contribution in [0.5, 0.6) is 5.75 Å². The predicted molar refractivity (Wildman–Crippen MR) is 137 cm³/mol. The molecule has 1 heterocycles. The first kappa shape index (κ1) is 23.8. The van der Waals surface area contributed by atoms with E-state index in [1.165, 1.54) is 6.08 Å². The van der Waals surface area contributed by atoms with Gasteiger partial charge in [0.15, 0.2) is 0 Å². The number of aliphatic carboxylic acids is 1. The second kappa shape index (κ2) is 11.2. The summed E-state index contributed by atoms with van der Waals surface area (Å²) in [5, 5.41) is 13.0. The number of hydrogen-bond acceptors (Lipinski definition) is 3. The second-order valence-electron chi connectivity index (χ2n) is 8.29. The predicted octanol–water partition coefficient (Wildman–Crippen LogP) is 5.24. The maximum absolute atomic E-state index is 13.0. The van der Waals surface area contributed by atoms with Crippen LogP contribution in [0.2, 0.25) is 0 Å². The average Bonchev–Trinajstić information content (AvgIpc) is 3.26. The second-order valence-corrected chi connectivity index (χ2v) is 8.29. The van der Waals surface area contributed by atoms with Crippen molar-refractivity contribution in [1.29, 1.82) is 0 Å². The van der Waals surface area contributed by atoms with Crippen molar-refractivity contribution < 1.29 is 19.4 Å². The van der Waals surface area contributed by atoms with Gasteiger partial charge >= 0.3 is 5.97 Å². The fourth-order valence-electron chi connectivity index (χ4n) is 4.02. The van der Waals surface area contributed by atoms with Gasteiger partial charge in [-0.25, -0.2) is 4.79 Å². The molecule has 1 amide bonds. The van der Waals surface area contributed by atoms with Crippen molar-refractivity contribution in [2.75, 3.05) is 6.54 Å². The molecule has 0 aliphatic carbocycles. The molecule has 4 rings (SSSR count). The number of carbonyl (C=O) groups is 2. The van der Waals surface area contributed by atoms with Gasteiger partial charge in [-0.1, -0.05) is 66.7 Å². The zero-order chi connectivity index (χ0) is 24.6. The van der Waals surface area contributed by atoms with Gasteiger partial charge in [-0.05, 0) is 42.7 Å². The van der Waals surface area contributed by atoms with Crippen LogP contribution in [0.3, 0.4) is 0 Å². The highest BCUT2D eigenvalue weighted by molar-refractivity contribution is 5.98. The fraction of sp³-hybridized carbons (Fsp3) is 0.172. The number of ether oxygens (including phenoxy) is 1. The Morgan fingerprint density at radius 1 is 0.971 bits per heavy atom. The molecule has 1 unspecified atom stereocenters. The van der Waals surface area contributed by atoms with Crippen LogP contribution in [-0.4, -0.2) is 28.1 Å². The Balaban J connectivity index is 1.59. The lowest BCUT2D eigenvalue weighted by atomic mass is 10.1. The summed E-state index contributed by atoms with van der Waals surface area (Å²) in [6.45, 7) is 2.74. The summed E-state index contributed by atoms with van der Waals surface area (Å²) in [5.74, 6) is -0.519. The molecule has 178 valence electrons. The van der Waals surface area contributed by atoms with Crippen molar-refractivity contribution in [3.8, 4) is 5.75 Å². The molecular weight excluding hydrogens is 440 g/mol. The zero-order valence-corrected chi connectivity index (χ0v) is 19.6. The molecule has 1 atom stereocenters. The van der Waals surface area contributed by atoms with Crippen LogP contribution >= 0.6 is 0 Å². The number of nitrogens with one attached hydrogen (secondary N) is 1. The van der Waals surface area contributed by atoms with Gasteiger partial charge < -0.3 is 19.7 Å². The number of carboxylic acid groups (broad SMARTS) is 1. The Hall–Kier alpha value is -4.32. The first-order valence-corrected chi connectivity index (χ1v) is 11.6. The first-order chi connectivity index (χ1) is 17.0. The van der Waals surface area contributed by atoms with E-state index in [0.29, 0.717) is 24.5 Å². The van der Waals surface area contributed by atoms with Crippen LogP contribution in [0.15, 0.2) is 91.1 Å². The Kier molecular flexibility index (Phi) is 7.63. The average molecular weight is 469 g/mol. The molecule has 35 heavy (non-hydrogen) atoms. The Bertz CT molecular complexity index is 1330. The number of amides is 1. The van der Waals surface area contributed by atoms with Gasteiger partial charge in [0.25, 0.3) is 0 Å². The molecule has 2 N–H and O–H groups in total. The van der Waals surface area contributed by atoms with Gasteiger partial charge in [-0.15, -0.1) is 0 Å². The standard InChI is InChI=1S/C29H28N2O4/c1-21(29(34)30-18-17-22-9-4-2-5-10-22)31-19-24(15-16-27(32)33)28-25(31)13-8-14-26(28)35-20-23-11-6-3-7-12-23/h2-16,19,21H,17-18,20H2,1H3,(H,30,34)(H,32,33). The summed E-state index contributed by atoms with van der Waals surface area (Å²) in [6.07, 6.45) is 5.19. The summed E-state index contributed by atoms with van der Waals surface area (Å²) in [4.78, 5) is 24.2. The lowest BCUT2D eigenvalue weighted by Gasteiger charge is -2.16. The molecule has 0 spiro atoms. The zero-order valence-electron chi connectivity index (χ0n) is 19.6. The number of fused-ring (bicyclic) bond motifs is 1. The van der Waals surface area contributed by atoms with E-state index in [1.807, 2.05) is 90.4 Å². The van der Waals surface area contributed by atoms with Crippen LogP contribution in [0.4, 0.5) is 0 Å². The summed E-state index contributed by atoms with van der Waals surface area (Å²) in [7, 11) is 0. The molecule has 0 saturated carbocycles. The minimum absolute atomic E-state index is 0.109. The fourth-order valence-corrected chi connectivity index (χ4v) is 4.02. The van der Waals surface area contributed by atoms with E-state index in [0.717, 1.165) is 34.5 Å². The summed E-state index contributed by atoms with van der Waals surface area (Å²) in [5.41, 5.74) is 3.66. The van der Waals surface area contributed by atoms with Crippen LogP contribution in [-0.2, 0) is 22.6 Å². The Labute approximate surface area is 204 Å². The Morgan fingerprint density at radius 2 is 1.66 bits per heavy atom. The van der Waals surface area contributed by atoms with Gasteiger partial charge in [0.1, 0.15) is 18.4 Å². The van der Waals surface area contributed by atoms with Gasteiger partial charge in [0.2, 0.25) is 5.91 Å². The number of rotatable bonds is 10. The van der Waals surface area contributed by atoms with Crippen LogP contribution in [0, 0.1) is 0 Å². The molecule has 6 nitrogen and oxygen atoms in total. The summed E-state index contributed by atoms with van der Waals surface area (Å²) in [6, 6.07) is 25.0. The van der Waals surface area contributed by atoms with Crippen LogP contribution in [0.1, 0.15) is 29.7 Å². The van der Waals surface area contributed by atoms with Gasteiger partial charge in [-0.2, -0.15) is 0 Å². The monoisotopic (exact) mass is 468 g/mol. The third kappa shape index (κ3) is 5.98. The molecule has 0 aliphatic heterocycles. The van der Waals surface area contributed by atoms with Crippen molar-refractivity contribution in [2.24, 2.45) is 0 Å². The number of hydrogen-bond donors (Lipinski definition) is 2. The maximum atomic E-state index is 13.0. The SMILES string of the molecule is CC(C(=O)NCCc1ccccc1)n1cc(C=CC(=O)O)c2c(OCc3ccccc3)cccc21. The number of aromatic nitrogens is 1. The van der Waals surface area contributed by atoms with Crippen molar-refractivity contribution in [3.05, 3.63) is 108 Å². The lowest BCUT2D eigenvalue weighted by molar-refractivity contribution is -0.131. The molecule has 1 aromatic heterocycles. The third-order valence-electron chi connectivity index (χ3n) is 5.84. The molecule has 6 heteroatoms. The van der Waals surface area contributed by atoms with Crippen molar-refractivity contribution >= 4 is 28.9 Å². The van der Waals surface area contributed by atoms with E-state index < -0.39 is 12.0 Å². The largest absolute Gasteiger partial charge is 0.488 e. The summed E-state index contributed by atoms with van der Waals surface area (Å²) < 4.78 is 7.99. The molecular formula is C29H28N2O4. The highest BCUT2D eigenvalue weighted by atomic mass is 16.5. The quantitative estimate of drug-likeness (QED) is 0.312. The molecule has 0 saturated heterocycles. The minimum Gasteiger partial charge on any atom is -0.488 e. The highest BCUT2D eigenvalue weighted by Crippen LogP contribution is 2.34. The van der Waals surface area contributed by atoms with E-state index in [1.54, 1.807) is 6.20 Å². The number of benzene rings is 3. The van der Waals surface area contributed by atoms with Crippen molar-refractivity contribution in [2.45, 2.75) is 26.0 Å². The van der Waals surface area contributed by atoms with Gasteiger partial charge in [0, 0.05) is 29.8 Å². The Morgan fingerprint density at radius 3 is 2.34 bits per heavy atom. The van der Waals surface area contributed by atoms with E-state index in [-0.39, 0.29) is 5.91 Å². The van der Waals surface area contributed by atoms with Gasteiger partial charge in [-0.3, -0.25) is 4.79 Å². The summed E-state index contributed by atoms with van der Waals surface area (Å²) >= 11 is 0. The van der Waals surface area contributed by atoms with Crippen molar-refractivity contribution in [1.82, 2.24) is 9.88 Å². The maximum Gasteiger partial charge on any atom is 0.328 e. The van der Waals surface area contributed by atoms with E-state index in [2.05, 4.69) is 5.32 Å². The minimum atomic E-state index is -1.04. The first-order valence-electron chi connectivity index (χ1n) is 11.6.